The zero-order valence-corrected chi connectivity index (χ0v) is 30.3. The molecule has 0 fully saturated rings. The van der Waals surface area contributed by atoms with Gasteiger partial charge in [0.05, 0.1) is 0 Å². The van der Waals surface area contributed by atoms with Crippen LogP contribution in [0.5, 0.6) is 5.75 Å². The van der Waals surface area contributed by atoms with E-state index in [2.05, 4.69) is 10.6 Å². The van der Waals surface area contributed by atoms with Gasteiger partial charge in [-0.3, -0.25) is 19.2 Å². The maximum absolute atomic E-state index is 13.9. The molecule has 0 aliphatic heterocycles. The van der Waals surface area contributed by atoms with E-state index in [0.717, 1.165) is 17.7 Å². The lowest BCUT2D eigenvalue weighted by atomic mass is 9.83. The Bertz CT molecular complexity index is 1950. The highest BCUT2D eigenvalue weighted by molar-refractivity contribution is 6.14. The van der Waals surface area contributed by atoms with Gasteiger partial charge in [-0.25, -0.2) is 27.2 Å². The number of carboxylic acid groups (broad SMARTS) is 3. The quantitative estimate of drug-likeness (QED) is 0.0598. The van der Waals surface area contributed by atoms with Gasteiger partial charge in [-0.15, -0.1) is 0 Å². The zero-order valence-electron chi connectivity index (χ0n) is 30.3. The molecule has 6 N–H and O–H groups in total. The van der Waals surface area contributed by atoms with E-state index < -0.39 is 94.0 Å². The molecule has 0 aliphatic carbocycles. The molecule has 4 aromatic rings. The van der Waals surface area contributed by atoms with Gasteiger partial charge >= 0.3 is 24.0 Å². The Labute approximate surface area is 322 Å². The first kappa shape index (κ1) is 44.6. The molecule has 0 radical (unpaired) electrons. The van der Waals surface area contributed by atoms with Crippen LogP contribution in [0.25, 0.3) is 0 Å². The molecular formula is C40H38F4N2O11. The number of alkyl carbamates (subject to hydrolysis) is 1. The summed E-state index contributed by atoms with van der Waals surface area (Å²) in [4.78, 5) is 72.0. The first-order valence-electron chi connectivity index (χ1n) is 17.1. The highest BCUT2D eigenvalue weighted by atomic mass is 19.1. The molecule has 0 saturated carbocycles. The smallest absolute Gasteiger partial charge is 0.408 e. The van der Waals surface area contributed by atoms with Crippen molar-refractivity contribution in [1.82, 2.24) is 10.6 Å². The summed E-state index contributed by atoms with van der Waals surface area (Å²) < 4.78 is 60.8. The number of carboxylic acids is 3. The molecule has 4 atom stereocenters. The second-order valence-corrected chi connectivity index (χ2v) is 12.9. The lowest BCUT2D eigenvalue weighted by Crippen LogP contribution is -2.52. The van der Waals surface area contributed by atoms with Crippen molar-refractivity contribution >= 4 is 35.7 Å². The third kappa shape index (κ3) is 12.9. The third-order valence-corrected chi connectivity index (χ3v) is 8.16. The third-order valence-electron chi connectivity index (χ3n) is 8.16. The molecule has 0 aliphatic rings. The molecule has 0 saturated heterocycles. The lowest BCUT2D eigenvalue weighted by Gasteiger charge is -2.22. The lowest BCUT2D eigenvalue weighted by molar-refractivity contribution is -0.147. The molecule has 57 heavy (non-hydrogen) atoms. The molecule has 0 bridgehead atoms. The minimum atomic E-state index is -2.61. The fourth-order valence-corrected chi connectivity index (χ4v) is 5.46. The Morgan fingerprint density at radius 3 is 1.49 bits per heavy atom. The number of aromatic hydroxyl groups is 1. The van der Waals surface area contributed by atoms with Crippen molar-refractivity contribution in [2.24, 2.45) is 5.92 Å². The highest BCUT2D eigenvalue weighted by Gasteiger charge is 2.43. The van der Waals surface area contributed by atoms with Crippen molar-refractivity contribution in [1.29, 1.82) is 0 Å². The SMILES string of the molecule is CC(C)C[C@H](NC(=O)OCc1ccccc1)C(=O)N[C@@H](Cc1ccc(O)cc1)C(=O)O.O=C(O)C(C(=O)C(C(=O)O)c1c(F)cccc1F)c1c(F)cccc1F. The van der Waals surface area contributed by atoms with E-state index in [1.165, 1.54) is 12.1 Å². The van der Waals surface area contributed by atoms with E-state index in [1.807, 2.05) is 44.2 Å². The molecule has 0 aromatic heterocycles. The van der Waals surface area contributed by atoms with Gasteiger partial charge < -0.3 is 35.8 Å². The predicted molar refractivity (Wildman–Crippen MR) is 193 cm³/mol. The van der Waals surface area contributed by atoms with Gasteiger partial charge in [-0.05, 0) is 59.9 Å². The second kappa shape index (κ2) is 20.8. The van der Waals surface area contributed by atoms with Crippen molar-refractivity contribution in [2.45, 2.75) is 57.2 Å². The monoisotopic (exact) mass is 798 g/mol. The number of carbonyl (C=O) groups excluding carboxylic acids is 3. The number of carbonyl (C=O) groups is 6. The summed E-state index contributed by atoms with van der Waals surface area (Å²) >= 11 is 0. The summed E-state index contributed by atoms with van der Waals surface area (Å²) in [6.07, 6.45) is -0.401. The van der Waals surface area contributed by atoms with Crippen molar-refractivity contribution in [3.63, 3.8) is 0 Å². The number of halogens is 4. The van der Waals surface area contributed by atoms with Crippen LogP contribution in [0, 0.1) is 29.2 Å². The second-order valence-electron chi connectivity index (χ2n) is 12.9. The van der Waals surface area contributed by atoms with Gasteiger partial charge in [0, 0.05) is 17.5 Å². The molecule has 0 heterocycles. The Hall–Kier alpha value is -6.78. The molecule has 4 rings (SSSR count). The number of aliphatic carboxylic acids is 3. The molecule has 0 spiro atoms. The van der Waals surface area contributed by atoms with Gasteiger partial charge in [-0.2, -0.15) is 0 Å². The van der Waals surface area contributed by atoms with Crippen LogP contribution in [0.1, 0.15) is 54.4 Å². The van der Waals surface area contributed by atoms with Crippen LogP contribution in [0.4, 0.5) is 22.4 Å². The minimum Gasteiger partial charge on any atom is -0.508 e. The normalized spacial score (nSPS) is 12.8. The summed E-state index contributed by atoms with van der Waals surface area (Å²) in [5.41, 5.74) is -0.982. The summed E-state index contributed by atoms with van der Waals surface area (Å²) in [5.74, 6) is -18.5. The average Bonchev–Trinajstić information content (AvgIpc) is 3.14. The van der Waals surface area contributed by atoms with Crippen LogP contribution < -0.4 is 10.6 Å². The van der Waals surface area contributed by atoms with E-state index in [9.17, 15) is 66.8 Å². The number of phenols is 1. The van der Waals surface area contributed by atoms with Crippen LogP contribution in [0.2, 0.25) is 0 Å². The summed E-state index contributed by atoms with van der Waals surface area (Å²) in [5, 5.41) is 42.4. The van der Waals surface area contributed by atoms with Crippen molar-refractivity contribution in [3.8, 4) is 5.75 Å². The van der Waals surface area contributed by atoms with E-state index in [1.54, 1.807) is 12.1 Å². The molecule has 4 aromatic carbocycles. The van der Waals surface area contributed by atoms with Crippen LogP contribution in [-0.2, 0) is 41.7 Å². The van der Waals surface area contributed by atoms with Gasteiger partial charge in [0.25, 0.3) is 0 Å². The average molecular weight is 799 g/mol. The maximum atomic E-state index is 13.9. The fraction of sp³-hybridized carbons (Fsp3) is 0.250. The van der Waals surface area contributed by atoms with Crippen LogP contribution in [-0.4, -0.2) is 68.2 Å². The predicted octanol–water partition coefficient (Wildman–Crippen LogP) is 5.69. The van der Waals surface area contributed by atoms with Crippen LogP contribution in [0.15, 0.2) is 91.0 Å². The van der Waals surface area contributed by atoms with E-state index in [0.29, 0.717) is 36.2 Å². The summed E-state index contributed by atoms with van der Waals surface area (Å²) in [6.45, 7) is 3.84. The number of hydrogen-bond donors (Lipinski definition) is 6. The van der Waals surface area contributed by atoms with Gasteiger partial charge in [0.15, 0.2) is 5.78 Å². The fourth-order valence-electron chi connectivity index (χ4n) is 5.46. The Balaban J connectivity index is 0.000000310. The van der Waals surface area contributed by atoms with Gasteiger partial charge in [0.1, 0.15) is 59.5 Å². The number of phenolic OH excluding ortho intramolecular Hbond substituents is 1. The number of amides is 2. The molecule has 2 unspecified atom stereocenters. The summed E-state index contributed by atoms with van der Waals surface area (Å²) in [6, 6.07) is 17.5. The van der Waals surface area contributed by atoms with E-state index in [-0.39, 0.29) is 24.7 Å². The number of ketones is 1. The molecule has 2 amide bonds. The highest BCUT2D eigenvalue weighted by Crippen LogP contribution is 2.33. The number of benzene rings is 4. The van der Waals surface area contributed by atoms with Gasteiger partial charge in [-0.1, -0.05) is 68.4 Å². The van der Waals surface area contributed by atoms with Crippen molar-refractivity contribution in [3.05, 3.63) is 137 Å². The summed E-state index contributed by atoms with van der Waals surface area (Å²) in [7, 11) is 0. The topological polar surface area (TPSA) is 217 Å². The Kier molecular flexibility index (Phi) is 16.3. The van der Waals surface area contributed by atoms with E-state index >= 15 is 0 Å². The molecule has 13 nitrogen and oxygen atoms in total. The first-order valence-corrected chi connectivity index (χ1v) is 17.1. The van der Waals surface area contributed by atoms with Crippen LogP contribution >= 0.6 is 0 Å². The number of nitrogens with one attached hydrogen (secondary N) is 2. The van der Waals surface area contributed by atoms with Crippen LogP contribution in [0.3, 0.4) is 0 Å². The largest absolute Gasteiger partial charge is 0.508 e. The number of rotatable bonds is 16. The number of hydrogen-bond acceptors (Lipinski definition) is 8. The zero-order chi connectivity index (χ0) is 42.4. The number of ether oxygens (including phenoxy) is 1. The first-order chi connectivity index (χ1) is 26.9. The molecular weight excluding hydrogens is 760 g/mol. The van der Waals surface area contributed by atoms with Gasteiger partial charge in [0.2, 0.25) is 5.91 Å². The van der Waals surface area contributed by atoms with Crippen molar-refractivity contribution in [2.75, 3.05) is 0 Å². The molecule has 302 valence electrons. The minimum absolute atomic E-state index is 0.0359. The Morgan fingerprint density at radius 2 is 1.07 bits per heavy atom. The Morgan fingerprint density at radius 1 is 0.596 bits per heavy atom. The molecule has 17 heteroatoms. The van der Waals surface area contributed by atoms with E-state index in [4.69, 9.17) is 4.74 Å². The standard InChI is InChI=1S/C23H28N2O6.C17H10F4O5/c1-15(2)12-19(25-23(30)31-14-17-6-4-3-5-7-17)21(27)24-20(22(28)29)13-16-8-10-18(26)11-9-16;18-7-3-1-4-8(19)11(7)13(16(23)24)15(22)14(17(25)26)12-9(20)5-2-6-10(12)21/h3-11,15,19-20,26H,12-14H2,1-2H3,(H,24,27)(H,25,30)(H,28,29);1-6,13-14H,(H,23,24)(H,25,26)/t19-,20-;/m0./s1. The maximum Gasteiger partial charge on any atom is 0.408 e. The van der Waals surface area contributed by atoms with Crippen molar-refractivity contribution < 1.29 is 71.5 Å². The number of Topliss-reactive ketones (excluding diaryl/α,β-unsaturated/α-hetero) is 1.